The summed E-state index contributed by atoms with van der Waals surface area (Å²) < 4.78 is 10.5. The number of carbonyl (C=O) groups excluding carboxylic acids is 2. The third kappa shape index (κ3) is 4.46. The van der Waals surface area contributed by atoms with E-state index in [0.717, 1.165) is 23.5 Å². The Labute approximate surface area is 159 Å². The number of carbonyl (C=O) groups is 2. The summed E-state index contributed by atoms with van der Waals surface area (Å²) >= 11 is 0. The topological polar surface area (TPSA) is 67.9 Å². The lowest BCUT2D eigenvalue weighted by Gasteiger charge is -2.16. The van der Waals surface area contributed by atoms with Gasteiger partial charge in [-0.3, -0.25) is 9.59 Å². The second-order valence-corrected chi connectivity index (χ2v) is 6.30. The monoisotopic (exact) mass is 368 g/mol. The number of methoxy groups -OCH3 is 1. The Hall–Kier alpha value is -2.86. The summed E-state index contributed by atoms with van der Waals surface area (Å²) in [7, 11) is 1.63. The summed E-state index contributed by atoms with van der Waals surface area (Å²) in [5, 5.41) is 3.20. The van der Waals surface area contributed by atoms with E-state index in [1.807, 2.05) is 31.2 Å². The molecule has 0 bridgehead atoms. The van der Waals surface area contributed by atoms with Gasteiger partial charge < -0.3 is 14.8 Å². The van der Waals surface area contributed by atoms with Crippen molar-refractivity contribution in [2.24, 2.45) is 0 Å². The van der Waals surface area contributed by atoms with E-state index in [1.54, 1.807) is 31.4 Å². The van der Waals surface area contributed by atoms with Crippen molar-refractivity contribution in [2.45, 2.75) is 25.8 Å². The van der Waals surface area contributed by atoms with Gasteiger partial charge in [-0.15, -0.1) is 0 Å². The third-order valence-electron chi connectivity index (χ3n) is 4.52. The van der Waals surface area contributed by atoms with Crippen LogP contribution in [0, 0.1) is 0 Å². The van der Waals surface area contributed by atoms with Crippen molar-refractivity contribution < 1.29 is 19.1 Å². The Kier molecular flexibility index (Phi) is 6.08. The van der Waals surface area contributed by atoms with E-state index in [2.05, 4.69) is 5.32 Å². The minimum Gasteiger partial charge on any atom is -0.497 e. The highest BCUT2D eigenvalue weighted by Gasteiger charge is 2.39. The van der Waals surface area contributed by atoms with Crippen LogP contribution in [-0.4, -0.2) is 38.1 Å². The molecule has 2 amide bonds. The van der Waals surface area contributed by atoms with Gasteiger partial charge in [0.15, 0.2) is 0 Å². The van der Waals surface area contributed by atoms with Crippen LogP contribution in [0.5, 0.6) is 11.5 Å². The predicted molar refractivity (Wildman–Crippen MR) is 103 cm³/mol. The molecule has 1 aliphatic heterocycles. The predicted octanol–water partition coefficient (Wildman–Crippen LogP) is 2.56. The molecule has 3 rings (SSSR count). The molecule has 2 aromatic rings. The van der Waals surface area contributed by atoms with Crippen molar-refractivity contribution in [3.8, 4) is 11.5 Å². The molecule has 0 unspecified atom stereocenters. The SMILES string of the molecule is CCOc1ccc(N2C(=O)C[C@H](NCCc3ccc(OC)cc3)C2=O)cc1. The summed E-state index contributed by atoms with van der Waals surface area (Å²) in [6.45, 7) is 3.10. The van der Waals surface area contributed by atoms with Crippen LogP contribution in [0.4, 0.5) is 5.69 Å². The van der Waals surface area contributed by atoms with E-state index in [-0.39, 0.29) is 18.2 Å². The van der Waals surface area contributed by atoms with E-state index in [4.69, 9.17) is 9.47 Å². The van der Waals surface area contributed by atoms with Crippen molar-refractivity contribution >= 4 is 17.5 Å². The minimum atomic E-state index is -0.484. The molecule has 0 spiro atoms. The summed E-state index contributed by atoms with van der Waals surface area (Å²) in [4.78, 5) is 26.2. The van der Waals surface area contributed by atoms with Crippen LogP contribution in [0.15, 0.2) is 48.5 Å². The number of imide groups is 1. The Morgan fingerprint density at radius 2 is 1.70 bits per heavy atom. The maximum absolute atomic E-state index is 12.6. The largest absolute Gasteiger partial charge is 0.497 e. The maximum atomic E-state index is 12.6. The number of anilines is 1. The molecule has 1 saturated heterocycles. The van der Waals surface area contributed by atoms with Gasteiger partial charge in [-0.25, -0.2) is 4.90 Å². The molecule has 0 aliphatic carbocycles. The zero-order valence-electron chi connectivity index (χ0n) is 15.6. The van der Waals surface area contributed by atoms with Gasteiger partial charge in [0.2, 0.25) is 5.91 Å². The summed E-state index contributed by atoms with van der Waals surface area (Å²) in [5.74, 6) is 1.13. The zero-order chi connectivity index (χ0) is 19.2. The number of hydrogen-bond acceptors (Lipinski definition) is 5. The lowest BCUT2D eigenvalue weighted by molar-refractivity contribution is -0.121. The first-order valence-electron chi connectivity index (χ1n) is 9.08. The highest BCUT2D eigenvalue weighted by molar-refractivity contribution is 6.22. The highest BCUT2D eigenvalue weighted by atomic mass is 16.5. The standard InChI is InChI=1S/C21H24N2O4/c1-3-27-18-10-6-16(7-11-18)23-20(24)14-19(21(23)25)22-13-12-15-4-8-17(26-2)9-5-15/h4-11,19,22H,3,12-14H2,1-2H3/t19-/m0/s1. The molecule has 6 heteroatoms. The van der Waals surface area contributed by atoms with Crippen molar-refractivity contribution in [1.29, 1.82) is 0 Å². The average molecular weight is 368 g/mol. The third-order valence-corrected chi connectivity index (χ3v) is 4.52. The molecule has 0 radical (unpaired) electrons. The molecule has 27 heavy (non-hydrogen) atoms. The first-order chi connectivity index (χ1) is 13.1. The Morgan fingerprint density at radius 1 is 1.04 bits per heavy atom. The number of benzene rings is 2. The van der Waals surface area contributed by atoms with Gasteiger partial charge in [-0.2, -0.15) is 0 Å². The molecule has 0 saturated carbocycles. The van der Waals surface area contributed by atoms with E-state index in [1.165, 1.54) is 4.90 Å². The van der Waals surface area contributed by atoms with Crippen LogP contribution in [-0.2, 0) is 16.0 Å². The fourth-order valence-electron chi connectivity index (χ4n) is 3.10. The van der Waals surface area contributed by atoms with E-state index in [0.29, 0.717) is 18.8 Å². The number of hydrogen-bond donors (Lipinski definition) is 1. The molecule has 1 fully saturated rings. The quantitative estimate of drug-likeness (QED) is 0.726. The van der Waals surface area contributed by atoms with Gasteiger partial charge in [-0.1, -0.05) is 12.1 Å². The van der Waals surface area contributed by atoms with Crippen LogP contribution in [0.1, 0.15) is 18.9 Å². The summed E-state index contributed by atoms with van der Waals surface area (Å²) in [6.07, 6.45) is 0.944. The number of ether oxygens (including phenoxy) is 2. The number of nitrogens with zero attached hydrogens (tertiary/aromatic N) is 1. The van der Waals surface area contributed by atoms with Gasteiger partial charge in [0.25, 0.3) is 5.91 Å². The Bertz CT molecular complexity index is 787. The normalized spacial score (nSPS) is 16.7. The fraction of sp³-hybridized carbons (Fsp3) is 0.333. The molecule has 1 N–H and O–H groups in total. The molecular formula is C21H24N2O4. The molecule has 2 aromatic carbocycles. The van der Waals surface area contributed by atoms with E-state index in [9.17, 15) is 9.59 Å². The molecule has 1 aliphatic rings. The van der Waals surface area contributed by atoms with Crippen molar-refractivity contribution in [3.05, 3.63) is 54.1 Å². The highest BCUT2D eigenvalue weighted by Crippen LogP contribution is 2.25. The van der Waals surface area contributed by atoms with Crippen LogP contribution in [0.25, 0.3) is 0 Å². The van der Waals surface area contributed by atoms with Gasteiger partial charge in [0, 0.05) is 0 Å². The van der Waals surface area contributed by atoms with Crippen molar-refractivity contribution in [3.63, 3.8) is 0 Å². The van der Waals surface area contributed by atoms with Gasteiger partial charge in [0.05, 0.1) is 31.9 Å². The molecular weight excluding hydrogens is 344 g/mol. The van der Waals surface area contributed by atoms with Crippen LogP contribution in [0.2, 0.25) is 0 Å². The lowest BCUT2D eigenvalue weighted by atomic mass is 10.1. The number of amides is 2. The fourth-order valence-corrected chi connectivity index (χ4v) is 3.10. The maximum Gasteiger partial charge on any atom is 0.251 e. The van der Waals surface area contributed by atoms with Gasteiger partial charge in [-0.05, 0) is 61.9 Å². The first-order valence-corrected chi connectivity index (χ1v) is 9.08. The number of rotatable bonds is 8. The van der Waals surface area contributed by atoms with Crippen LogP contribution in [0.3, 0.4) is 0 Å². The summed E-state index contributed by atoms with van der Waals surface area (Å²) in [5.41, 5.74) is 1.72. The molecule has 142 valence electrons. The molecule has 0 aromatic heterocycles. The second-order valence-electron chi connectivity index (χ2n) is 6.30. The summed E-state index contributed by atoms with van der Waals surface area (Å²) in [6, 6.07) is 14.3. The zero-order valence-corrected chi connectivity index (χ0v) is 15.6. The molecule has 1 heterocycles. The second kappa shape index (κ2) is 8.68. The van der Waals surface area contributed by atoms with Gasteiger partial charge in [0.1, 0.15) is 11.5 Å². The lowest BCUT2D eigenvalue weighted by Crippen LogP contribution is -2.39. The van der Waals surface area contributed by atoms with Crippen LogP contribution >= 0.6 is 0 Å². The van der Waals surface area contributed by atoms with Crippen molar-refractivity contribution in [1.82, 2.24) is 5.32 Å². The van der Waals surface area contributed by atoms with Gasteiger partial charge >= 0.3 is 0 Å². The van der Waals surface area contributed by atoms with E-state index < -0.39 is 6.04 Å². The number of nitrogens with one attached hydrogen (secondary N) is 1. The Morgan fingerprint density at radius 3 is 2.33 bits per heavy atom. The van der Waals surface area contributed by atoms with E-state index >= 15 is 0 Å². The smallest absolute Gasteiger partial charge is 0.251 e. The first kappa shape index (κ1) is 18.9. The average Bonchev–Trinajstić information content (AvgIpc) is 2.97. The Balaban J connectivity index is 1.56. The van der Waals surface area contributed by atoms with Crippen LogP contribution < -0.4 is 19.7 Å². The van der Waals surface area contributed by atoms with Crippen molar-refractivity contribution in [2.75, 3.05) is 25.2 Å². The minimum absolute atomic E-state index is 0.175. The molecule has 6 nitrogen and oxygen atoms in total. The molecule has 1 atom stereocenters.